The van der Waals surface area contributed by atoms with E-state index in [0.717, 1.165) is 11.4 Å². The zero-order chi connectivity index (χ0) is 15.2. The molecular formula is C13H14Cl2N2O3. The number of nitrogens with zero attached hydrogens (tertiary/aromatic N) is 2. The van der Waals surface area contributed by atoms with Gasteiger partial charge in [-0.15, -0.1) is 11.6 Å². The summed E-state index contributed by atoms with van der Waals surface area (Å²) >= 11 is 12.3. The van der Waals surface area contributed by atoms with Crippen molar-refractivity contribution < 1.29 is 9.72 Å². The Bertz CT molecular complexity index is 578. The standard InChI is InChI=1S/C13H14Cl2N2O3/c1-13(2)9(4-5-18)16(3)8-6-7(14)12(17(19)20)11(15)10(8)13/h4-6,10-11H,1-3H3/b9-4+. The van der Waals surface area contributed by atoms with Gasteiger partial charge in [-0.25, -0.2) is 0 Å². The summed E-state index contributed by atoms with van der Waals surface area (Å²) in [5, 5.41) is 10.3. The predicted octanol–water partition coefficient (Wildman–Crippen LogP) is 2.89. The summed E-state index contributed by atoms with van der Waals surface area (Å²) in [6.07, 6.45) is 3.73. The van der Waals surface area contributed by atoms with Gasteiger partial charge in [-0.05, 0) is 12.2 Å². The Kier molecular flexibility index (Phi) is 3.69. The maximum Gasteiger partial charge on any atom is 0.283 e. The summed E-state index contributed by atoms with van der Waals surface area (Å²) in [5.74, 6) is -0.303. The second-order valence-corrected chi connectivity index (χ2v) is 6.29. The van der Waals surface area contributed by atoms with Crippen LogP contribution in [0.4, 0.5) is 0 Å². The summed E-state index contributed by atoms with van der Waals surface area (Å²) in [7, 11) is 1.80. The molecule has 1 aliphatic heterocycles. The van der Waals surface area contributed by atoms with E-state index in [2.05, 4.69) is 0 Å². The molecule has 0 radical (unpaired) electrons. The third kappa shape index (κ3) is 1.96. The monoisotopic (exact) mass is 316 g/mol. The molecule has 0 amide bonds. The Labute approximate surface area is 126 Å². The van der Waals surface area contributed by atoms with Crippen LogP contribution in [-0.2, 0) is 4.79 Å². The lowest BCUT2D eigenvalue weighted by Crippen LogP contribution is -2.33. The molecule has 0 saturated carbocycles. The van der Waals surface area contributed by atoms with E-state index >= 15 is 0 Å². The fraction of sp³-hybridized carbons (Fsp3) is 0.462. The van der Waals surface area contributed by atoms with Gasteiger partial charge in [0.25, 0.3) is 5.70 Å². The third-order valence-electron chi connectivity index (χ3n) is 4.00. The fourth-order valence-electron chi connectivity index (χ4n) is 3.08. The molecule has 1 saturated heterocycles. The highest BCUT2D eigenvalue weighted by atomic mass is 35.5. The topological polar surface area (TPSA) is 63.4 Å². The van der Waals surface area contributed by atoms with E-state index in [1.54, 1.807) is 13.1 Å². The molecule has 0 aromatic rings. The Hall–Kier alpha value is -1.33. The highest BCUT2D eigenvalue weighted by molar-refractivity contribution is 6.33. The lowest BCUT2D eigenvalue weighted by atomic mass is 9.74. The molecule has 1 fully saturated rings. The van der Waals surface area contributed by atoms with E-state index < -0.39 is 15.7 Å². The molecular weight excluding hydrogens is 303 g/mol. The number of nitro groups is 1. The molecule has 0 N–H and O–H groups in total. The molecule has 1 aliphatic carbocycles. The average Bonchev–Trinajstić information content (AvgIpc) is 2.50. The third-order valence-corrected chi connectivity index (χ3v) is 4.76. The first-order valence-electron chi connectivity index (χ1n) is 6.02. The largest absolute Gasteiger partial charge is 0.350 e. The van der Waals surface area contributed by atoms with Crippen LogP contribution in [0.25, 0.3) is 0 Å². The van der Waals surface area contributed by atoms with Crippen LogP contribution in [0.2, 0.25) is 0 Å². The predicted molar refractivity (Wildman–Crippen MR) is 76.8 cm³/mol. The molecule has 0 spiro atoms. The van der Waals surface area contributed by atoms with Gasteiger partial charge in [-0.1, -0.05) is 25.4 Å². The number of carbonyl (C=O) groups excluding carboxylic acids is 1. The molecule has 0 aromatic carbocycles. The van der Waals surface area contributed by atoms with E-state index in [0.29, 0.717) is 6.29 Å². The maximum atomic E-state index is 11.1. The number of alkyl halides is 1. The van der Waals surface area contributed by atoms with Crippen molar-refractivity contribution in [2.24, 2.45) is 11.3 Å². The number of rotatable bonds is 2. The SMILES string of the molecule is CN1C2=CC(Cl)=C([N+](=O)[O-])C(Cl)C2C(C)(C)/C1=C\C=O. The van der Waals surface area contributed by atoms with Gasteiger partial charge in [0.15, 0.2) is 0 Å². The van der Waals surface area contributed by atoms with Crippen LogP contribution in [0.5, 0.6) is 0 Å². The van der Waals surface area contributed by atoms with Crippen molar-refractivity contribution in [3.63, 3.8) is 0 Å². The van der Waals surface area contributed by atoms with Crippen molar-refractivity contribution in [3.8, 4) is 0 Å². The molecule has 2 unspecified atom stereocenters. The molecule has 1 heterocycles. The molecule has 108 valence electrons. The zero-order valence-corrected chi connectivity index (χ0v) is 12.8. The fourth-order valence-corrected chi connectivity index (χ4v) is 4.08. The van der Waals surface area contributed by atoms with Crippen LogP contribution >= 0.6 is 23.2 Å². The lowest BCUT2D eigenvalue weighted by Gasteiger charge is -2.30. The van der Waals surface area contributed by atoms with Crippen molar-refractivity contribution in [2.75, 3.05) is 7.05 Å². The molecule has 7 heteroatoms. The van der Waals surface area contributed by atoms with Gasteiger partial charge < -0.3 is 4.90 Å². The molecule has 0 bridgehead atoms. The van der Waals surface area contributed by atoms with Crippen LogP contribution in [0.3, 0.4) is 0 Å². The number of allylic oxidation sites excluding steroid dienone is 6. The van der Waals surface area contributed by atoms with Crippen molar-refractivity contribution in [1.82, 2.24) is 4.90 Å². The summed E-state index contributed by atoms with van der Waals surface area (Å²) in [4.78, 5) is 23.2. The van der Waals surface area contributed by atoms with E-state index in [-0.39, 0.29) is 16.6 Å². The molecule has 5 nitrogen and oxygen atoms in total. The van der Waals surface area contributed by atoms with Crippen LogP contribution < -0.4 is 0 Å². The van der Waals surface area contributed by atoms with Gasteiger partial charge in [-0.3, -0.25) is 14.9 Å². The summed E-state index contributed by atoms with van der Waals surface area (Å²) in [6.45, 7) is 3.83. The highest BCUT2D eigenvalue weighted by Crippen LogP contribution is 2.55. The van der Waals surface area contributed by atoms with Crippen LogP contribution in [0.1, 0.15) is 13.8 Å². The van der Waals surface area contributed by atoms with Gasteiger partial charge in [0, 0.05) is 29.8 Å². The van der Waals surface area contributed by atoms with Crippen molar-refractivity contribution in [3.05, 3.63) is 44.4 Å². The number of fused-ring (bicyclic) bond motifs is 1. The minimum absolute atomic E-state index is 0.0382. The first-order chi connectivity index (χ1) is 9.23. The molecule has 2 aliphatic rings. The Morgan fingerprint density at radius 1 is 1.50 bits per heavy atom. The molecule has 2 atom stereocenters. The molecule has 20 heavy (non-hydrogen) atoms. The van der Waals surface area contributed by atoms with Crippen LogP contribution in [0.15, 0.2) is 34.3 Å². The van der Waals surface area contributed by atoms with E-state index in [9.17, 15) is 14.9 Å². The van der Waals surface area contributed by atoms with Crippen molar-refractivity contribution in [1.29, 1.82) is 0 Å². The smallest absolute Gasteiger partial charge is 0.283 e. The summed E-state index contributed by atoms with van der Waals surface area (Å²) in [6, 6.07) is 0. The van der Waals surface area contributed by atoms with Crippen LogP contribution in [0, 0.1) is 21.4 Å². The van der Waals surface area contributed by atoms with Crippen molar-refractivity contribution in [2.45, 2.75) is 19.2 Å². The van der Waals surface area contributed by atoms with E-state index in [1.807, 2.05) is 18.7 Å². The van der Waals surface area contributed by atoms with Gasteiger partial charge in [-0.2, -0.15) is 0 Å². The number of likely N-dealkylation sites (tertiary alicyclic amines) is 1. The Morgan fingerprint density at radius 3 is 2.60 bits per heavy atom. The summed E-state index contributed by atoms with van der Waals surface area (Å²) < 4.78 is 0. The zero-order valence-electron chi connectivity index (χ0n) is 11.3. The van der Waals surface area contributed by atoms with Gasteiger partial charge in [0.1, 0.15) is 16.7 Å². The number of aldehydes is 1. The van der Waals surface area contributed by atoms with Crippen molar-refractivity contribution >= 4 is 29.5 Å². The Balaban J connectivity index is 2.62. The number of hydrogen-bond acceptors (Lipinski definition) is 4. The number of carbonyl (C=O) groups is 1. The quantitative estimate of drug-likeness (QED) is 0.258. The van der Waals surface area contributed by atoms with Crippen LogP contribution in [-0.4, -0.2) is 28.5 Å². The van der Waals surface area contributed by atoms with Gasteiger partial charge in [0.05, 0.1) is 4.92 Å². The van der Waals surface area contributed by atoms with Gasteiger partial charge in [0.2, 0.25) is 0 Å². The summed E-state index contributed by atoms with van der Waals surface area (Å²) in [5.41, 5.74) is 0.880. The van der Waals surface area contributed by atoms with Gasteiger partial charge >= 0.3 is 0 Å². The normalized spacial score (nSPS) is 30.4. The molecule has 0 aromatic heterocycles. The molecule has 2 rings (SSSR count). The number of halogens is 2. The number of hydrogen-bond donors (Lipinski definition) is 0. The Morgan fingerprint density at radius 2 is 2.10 bits per heavy atom. The second-order valence-electron chi connectivity index (χ2n) is 5.41. The minimum atomic E-state index is -0.840. The maximum absolute atomic E-state index is 11.1. The highest BCUT2D eigenvalue weighted by Gasteiger charge is 2.54. The van der Waals surface area contributed by atoms with E-state index in [1.165, 1.54) is 6.08 Å². The van der Waals surface area contributed by atoms with E-state index in [4.69, 9.17) is 23.2 Å². The first-order valence-corrected chi connectivity index (χ1v) is 6.84. The minimum Gasteiger partial charge on any atom is -0.350 e. The average molecular weight is 317 g/mol. The second kappa shape index (κ2) is 4.90. The lowest BCUT2D eigenvalue weighted by molar-refractivity contribution is -0.429. The first kappa shape index (κ1) is 15.1.